The van der Waals surface area contributed by atoms with Crippen molar-refractivity contribution in [3.8, 4) is 11.6 Å². The molecule has 2 aliphatic heterocycles. The van der Waals surface area contributed by atoms with E-state index in [9.17, 15) is 27.6 Å². The monoisotopic (exact) mass is 752 g/mol. The Morgan fingerprint density at radius 2 is 1.81 bits per heavy atom. The Bertz CT molecular complexity index is 1890. The highest BCUT2D eigenvalue weighted by atomic mass is 32.2. The highest BCUT2D eigenvalue weighted by molar-refractivity contribution is 7.90. The number of hydrogen-bond acceptors (Lipinski definition) is 11. The molecule has 1 aromatic heterocycles. The first kappa shape index (κ1) is 38.6. The summed E-state index contributed by atoms with van der Waals surface area (Å²) in [6.07, 6.45) is 8.14. The van der Waals surface area contributed by atoms with Gasteiger partial charge in [-0.3, -0.25) is 23.9 Å². The van der Waals surface area contributed by atoms with Crippen molar-refractivity contribution in [2.75, 3.05) is 13.7 Å². The minimum atomic E-state index is -3.85. The SMILES string of the molecule is COc1ccc2ncc(O[C@@H]3C[C@H]4C(=O)C[C@]5(C(=O)NS(=O)(=O)C6CC6)C[C@H]5/C=C\[C@@H](C)CCC[C@@H](C)[C@H](CC(=O)OC(C)(C)C)C(=O)N4C3)nc2c1. The van der Waals surface area contributed by atoms with Crippen molar-refractivity contribution in [3.63, 3.8) is 0 Å². The molecule has 0 unspecified atom stereocenters. The number of amides is 2. The molecule has 1 N–H and O–H groups in total. The smallest absolute Gasteiger partial charge is 0.307 e. The zero-order valence-electron chi connectivity index (χ0n) is 31.5. The topological polar surface area (TPSA) is 171 Å². The van der Waals surface area contributed by atoms with E-state index in [-0.39, 0.29) is 61.1 Å². The fourth-order valence-corrected chi connectivity index (χ4v) is 9.09. The summed E-state index contributed by atoms with van der Waals surface area (Å²) in [6.45, 7) is 9.40. The molecule has 0 bridgehead atoms. The summed E-state index contributed by atoms with van der Waals surface area (Å²) in [4.78, 5) is 66.8. The number of esters is 1. The predicted molar refractivity (Wildman–Crippen MR) is 196 cm³/mol. The first-order valence-corrected chi connectivity index (χ1v) is 20.3. The normalized spacial score (nSPS) is 30.3. The van der Waals surface area contributed by atoms with Gasteiger partial charge in [0.05, 0.1) is 59.9 Å². The van der Waals surface area contributed by atoms with Crippen molar-refractivity contribution in [2.45, 2.75) is 115 Å². The number of ether oxygens (including phenoxy) is 3. The van der Waals surface area contributed by atoms with Gasteiger partial charge in [-0.2, -0.15) is 0 Å². The van der Waals surface area contributed by atoms with E-state index in [1.54, 1.807) is 46.1 Å². The zero-order valence-corrected chi connectivity index (χ0v) is 32.3. The summed E-state index contributed by atoms with van der Waals surface area (Å²) in [5.74, 6) is -2.22. The van der Waals surface area contributed by atoms with Crippen molar-refractivity contribution in [2.24, 2.45) is 29.1 Å². The summed E-state index contributed by atoms with van der Waals surface area (Å²) >= 11 is 0. The van der Waals surface area contributed by atoms with Crippen molar-refractivity contribution in [3.05, 3.63) is 36.5 Å². The molecule has 53 heavy (non-hydrogen) atoms. The van der Waals surface area contributed by atoms with Crippen LogP contribution in [0.3, 0.4) is 0 Å². The number of aromatic nitrogens is 2. The van der Waals surface area contributed by atoms with Gasteiger partial charge in [0.15, 0.2) is 5.78 Å². The Balaban J connectivity index is 1.32. The number of hydrogen-bond donors (Lipinski definition) is 1. The van der Waals surface area contributed by atoms with Crippen LogP contribution in [0.5, 0.6) is 11.6 Å². The molecule has 1 saturated heterocycles. The van der Waals surface area contributed by atoms with Gasteiger partial charge < -0.3 is 19.1 Å². The van der Waals surface area contributed by atoms with Crippen molar-refractivity contribution in [1.82, 2.24) is 19.6 Å². The lowest BCUT2D eigenvalue weighted by Crippen LogP contribution is -2.47. The van der Waals surface area contributed by atoms with E-state index in [4.69, 9.17) is 14.2 Å². The molecular formula is C39H52N4O9S. The number of carbonyl (C=O) groups is 4. The van der Waals surface area contributed by atoms with E-state index in [1.807, 2.05) is 19.1 Å². The molecule has 2 saturated carbocycles. The minimum absolute atomic E-state index is 0.0419. The minimum Gasteiger partial charge on any atom is -0.497 e. The van der Waals surface area contributed by atoms with E-state index in [0.29, 0.717) is 42.5 Å². The lowest BCUT2D eigenvalue weighted by Gasteiger charge is -2.32. The second-order valence-electron chi connectivity index (χ2n) is 16.5. The standard InChI is InChI=1S/C39H52N4O9S/c1-23-8-7-9-24(2)29(18-35(45)52-38(3,4)5)36(46)43-22-27(51-34-21-40-30-15-12-26(50-6)16-31(30)41-34)17-32(43)33(44)20-39(19-25(39)11-10-23)37(47)42-53(48,49)28-13-14-28/h10-12,15-16,21,23-25,27-29,32H,7-9,13-14,17-20,22H2,1-6H3,(H,42,47)/b11-10-/t23-,24+,25+,27+,29-,32-,39+/m0/s1. The van der Waals surface area contributed by atoms with Gasteiger partial charge in [0, 0.05) is 18.9 Å². The number of fused-ring (bicyclic) bond motifs is 3. The first-order valence-electron chi connectivity index (χ1n) is 18.7. The Hall–Kier alpha value is -4.07. The van der Waals surface area contributed by atoms with E-state index >= 15 is 0 Å². The summed E-state index contributed by atoms with van der Waals surface area (Å²) in [6, 6.07) is 4.32. The van der Waals surface area contributed by atoms with Crippen LogP contribution in [0.15, 0.2) is 36.5 Å². The van der Waals surface area contributed by atoms with Gasteiger partial charge in [-0.25, -0.2) is 18.4 Å². The summed E-state index contributed by atoms with van der Waals surface area (Å²) < 4.78 is 45.4. The molecule has 288 valence electrons. The summed E-state index contributed by atoms with van der Waals surface area (Å²) in [7, 11) is -2.30. The molecule has 14 heteroatoms. The summed E-state index contributed by atoms with van der Waals surface area (Å²) in [5.41, 5.74) is -0.820. The maximum Gasteiger partial charge on any atom is 0.307 e. The second kappa shape index (κ2) is 15.0. The molecule has 2 aliphatic carbocycles. The Morgan fingerprint density at radius 3 is 2.51 bits per heavy atom. The third kappa shape index (κ3) is 9.01. The molecule has 2 aromatic rings. The predicted octanol–water partition coefficient (Wildman–Crippen LogP) is 4.92. The molecule has 6 rings (SSSR count). The average molecular weight is 753 g/mol. The van der Waals surface area contributed by atoms with Gasteiger partial charge in [-0.1, -0.05) is 32.4 Å². The van der Waals surface area contributed by atoms with Crippen LogP contribution in [-0.2, 0) is 33.9 Å². The Labute approximate surface area is 311 Å². The Kier molecular flexibility index (Phi) is 10.9. The second-order valence-corrected chi connectivity index (χ2v) is 18.5. The average Bonchev–Trinajstić information content (AvgIpc) is 4.01. The van der Waals surface area contributed by atoms with Gasteiger partial charge in [-0.15, -0.1) is 0 Å². The summed E-state index contributed by atoms with van der Waals surface area (Å²) in [5, 5.41) is -0.599. The molecule has 1 aromatic carbocycles. The van der Waals surface area contributed by atoms with Crippen LogP contribution in [0.25, 0.3) is 11.0 Å². The highest BCUT2D eigenvalue weighted by Crippen LogP contribution is 2.57. The van der Waals surface area contributed by atoms with Crippen molar-refractivity contribution in [1.29, 1.82) is 0 Å². The van der Waals surface area contributed by atoms with Crippen LogP contribution in [0, 0.1) is 29.1 Å². The van der Waals surface area contributed by atoms with Crippen LogP contribution in [0.2, 0.25) is 0 Å². The van der Waals surface area contributed by atoms with Crippen LogP contribution in [0.4, 0.5) is 0 Å². The fourth-order valence-electron chi connectivity index (χ4n) is 7.70. The molecule has 3 heterocycles. The lowest BCUT2D eigenvalue weighted by atomic mass is 9.84. The number of nitrogens with zero attached hydrogens (tertiary/aromatic N) is 3. The number of nitrogens with one attached hydrogen (secondary N) is 1. The van der Waals surface area contributed by atoms with Crippen LogP contribution >= 0.6 is 0 Å². The van der Waals surface area contributed by atoms with E-state index < -0.39 is 56.2 Å². The van der Waals surface area contributed by atoms with Gasteiger partial charge in [0.2, 0.25) is 27.7 Å². The van der Waals surface area contributed by atoms with Gasteiger partial charge in [0.1, 0.15) is 17.5 Å². The van der Waals surface area contributed by atoms with Gasteiger partial charge in [-0.05, 0) is 82.8 Å². The Morgan fingerprint density at radius 1 is 1.06 bits per heavy atom. The molecule has 13 nitrogen and oxygen atoms in total. The zero-order chi connectivity index (χ0) is 38.3. The molecule has 3 fully saturated rings. The number of methoxy groups -OCH3 is 1. The number of rotatable bonds is 8. The number of allylic oxidation sites excluding steroid dienone is 2. The van der Waals surface area contributed by atoms with Crippen LogP contribution < -0.4 is 14.2 Å². The molecule has 7 atom stereocenters. The van der Waals surface area contributed by atoms with Crippen LogP contribution in [-0.4, -0.2) is 83.5 Å². The largest absolute Gasteiger partial charge is 0.497 e. The molecular weight excluding hydrogens is 701 g/mol. The molecule has 4 aliphatic rings. The van der Waals surface area contributed by atoms with Crippen molar-refractivity contribution < 1.29 is 41.8 Å². The first-order chi connectivity index (χ1) is 25.0. The van der Waals surface area contributed by atoms with Gasteiger partial charge in [0.25, 0.3) is 0 Å². The molecule has 2 amide bonds. The van der Waals surface area contributed by atoms with Gasteiger partial charge >= 0.3 is 5.97 Å². The maximum atomic E-state index is 14.7. The number of ketones is 1. The lowest BCUT2D eigenvalue weighted by molar-refractivity contribution is -0.159. The maximum absolute atomic E-state index is 14.7. The number of Topliss-reactive ketones (excluding diaryl/α,β-unsaturated/α-hetero) is 1. The third-order valence-corrected chi connectivity index (χ3v) is 12.8. The molecule has 0 radical (unpaired) electrons. The molecule has 0 spiro atoms. The van der Waals surface area contributed by atoms with E-state index in [2.05, 4.69) is 21.6 Å². The van der Waals surface area contributed by atoms with Crippen molar-refractivity contribution >= 4 is 44.6 Å². The van der Waals surface area contributed by atoms with E-state index in [1.165, 1.54) is 11.1 Å². The number of sulfonamides is 1. The quantitative estimate of drug-likeness (QED) is 0.287. The highest BCUT2D eigenvalue weighted by Gasteiger charge is 2.61. The number of benzene rings is 1. The third-order valence-electron chi connectivity index (χ3n) is 11.0. The fraction of sp³-hybridized carbons (Fsp3) is 0.641. The van der Waals surface area contributed by atoms with Crippen LogP contribution in [0.1, 0.15) is 92.4 Å². The van der Waals surface area contributed by atoms with E-state index in [0.717, 1.165) is 12.8 Å². The number of carbonyl (C=O) groups excluding carboxylic acids is 4.